The van der Waals surface area contributed by atoms with Gasteiger partial charge in [-0.25, -0.2) is 0 Å². The third-order valence-corrected chi connectivity index (χ3v) is 3.30. The SMILES string of the molecule is C1=Cc2ccccc2C1.C=C(C)c1ccccc1C. The second-order valence-electron chi connectivity index (χ2n) is 4.90. The van der Waals surface area contributed by atoms with Crippen LogP contribution in [-0.4, -0.2) is 0 Å². The zero-order chi connectivity index (χ0) is 13.7. The summed E-state index contributed by atoms with van der Waals surface area (Å²) in [5, 5.41) is 0. The zero-order valence-electron chi connectivity index (χ0n) is 11.7. The molecule has 0 nitrogen and oxygen atoms in total. The van der Waals surface area contributed by atoms with Gasteiger partial charge in [0.1, 0.15) is 0 Å². The Morgan fingerprint density at radius 2 is 1.68 bits per heavy atom. The molecule has 0 amide bonds. The highest BCUT2D eigenvalue weighted by molar-refractivity contribution is 5.64. The van der Waals surface area contributed by atoms with Gasteiger partial charge in [0.05, 0.1) is 0 Å². The standard InChI is InChI=1S/C10H12.C9H8/c1-8(2)10-7-5-4-6-9(10)3;1-2-5-9-7-3-6-8(9)4-1/h4-7H,1H2,2-3H3;1-6H,7H2. The fraction of sp³-hybridized carbons (Fsp3) is 0.158. The highest BCUT2D eigenvalue weighted by atomic mass is 14.0. The van der Waals surface area contributed by atoms with Crippen molar-refractivity contribution in [2.45, 2.75) is 20.3 Å². The number of allylic oxidation sites excluding steroid dienone is 2. The molecule has 1 aliphatic carbocycles. The van der Waals surface area contributed by atoms with E-state index >= 15 is 0 Å². The Hall–Kier alpha value is -2.08. The van der Waals surface area contributed by atoms with Crippen LogP contribution in [0.3, 0.4) is 0 Å². The predicted molar refractivity (Wildman–Crippen MR) is 85.1 cm³/mol. The summed E-state index contributed by atoms with van der Waals surface area (Å²) in [6.07, 6.45) is 5.50. The molecule has 0 saturated carbocycles. The molecule has 0 fully saturated rings. The van der Waals surface area contributed by atoms with E-state index in [0.29, 0.717) is 0 Å². The van der Waals surface area contributed by atoms with E-state index in [0.717, 1.165) is 12.0 Å². The minimum atomic E-state index is 1.12. The van der Waals surface area contributed by atoms with E-state index in [-0.39, 0.29) is 0 Å². The van der Waals surface area contributed by atoms with E-state index in [1.54, 1.807) is 0 Å². The maximum Gasteiger partial charge on any atom is -0.00882 e. The average molecular weight is 248 g/mol. The van der Waals surface area contributed by atoms with Crippen molar-refractivity contribution in [2.75, 3.05) is 0 Å². The molecule has 0 unspecified atom stereocenters. The molecular weight excluding hydrogens is 228 g/mol. The van der Waals surface area contributed by atoms with Crippen LogP contribution in [0.15, 0.2) is 61.2 Å². The molecule has 0 heteroatoms. The van der Waals surface area contributed by atoms with E-state index < -0.39 is 0 Å². The first kappa shape index (κ1) is 13.4. The van der Waals surface area contributed by atoms with Crippen LogP contribution in [0.2, 0.25) is 0 Å². The summed E-state index contributed by atoms with van der Waals surface area (Å²) in [6, 6.07) is 16.8. The van der Waals surface area contributed by atoms with Crippen molar-refractivity contribution >= 4 is 11.6 Å². The topological polar surface area (TPSA) is 0 Å². The molecule has 2 aromatic carbocycles. The van der Waals surface area contributed by atoms with Gasteiger partial charge in [-0.3, -0.25) is 0 Å². The van der Waals surface area contributed by atoms with Gasteiger partial charge in [0.2, 0.25) is 0 Å². The van der Waals surface area contributed by atoms with Crippen LogP contribution in [0, 0.1) is 6.92 Å². The summed E-state index contributed by atoms with van der Waals surface area (Å²) in [5.74, 6) is 0. The van der Waals surface area contributed by atoms with E-state index in [4.69, 9.17) is 0 Å². The van der Waals surface area contributed by atoms with Gasteiger partial charge in [0, 0.05) is 0 Å². The largest absolute Gasteiger partial charge is 0.0955 e. The van der Waals surface area contributed by atoms with E-state index in [1.165, 1.54) is 22.3 Å². The van der Waals surface area contributed by atoms with Gasteiger partial charge in [-0.1, -0.05) is 72.8 Å². The lowest BCUT2D eigenvalue weighted by atomic mass is 10.0. The van der Waals surface area contributed by atoms with Gasteiger partial charge >= 0.3 is 0 Å². The lowest BCUT2D eigenvalue weighted by Gasteiger charge is -2.02. The number of aryl methyl sites for hydroxylation is 1. The molecule has 2 aromatic rings. The molecule has 0 radical (unpaired) electrons. The van der Waals surface area contributed by atoms with Crippen molar-refractivity contribution in [3.63, 3.8) is 0 Å². The molecule has 96 valence electrons. The van der Waals surface area contributed by atoms with Crippen molar-refractivity contribution in [3.05, 3.63) is 83.4 Å². The summed E-state index contributed by atoms with van der Waals surface area (Å²) >= 11 is 0. The molecule has 0 bridgehead atoms. The van der Waals surface area contributed by atoms with Crippen LogP contribution in [0.1, 0.15) is 29.2 Å². The molecule has 0 aromatic heterocycles. The first-order valence-corrected chi connectivity index (χ1v) is 6.64. The van der Waals surface area contributed by atoms with Gasteiger partial charge in [-0.05, 0) is 42.5 Å². The lowest BCUT2D eigenvalue weighted by Crippen LogP contribution is -1.81. The Morgan fingerprint density at radius 1 is 1.00 bits per heavy atom. The molecular formula is C19H20. The van der Waals surface area contributed by atoms with Gasteiger partial charge < -0.3 is 0 Å². The van der Waals surface area contributed by atoms with Gasteiger partial charge in [-0.15, -0.1) is 0 Å². The fourth-order valence-electron chi connectivity index (χ4n) is 2.25. The maximum absolute atomic E-state index is 3.89. The number of benzene rings is 2. The molecule has 0 N–H and O–H groups in total. The molecule has 0 saturated heterocycles. The van der Waals surface area contributed by atoms with E-state index in [1.807, 2.05) is 19.1 Å². The Bertz CT molecular complexity index is 603. The van der Waals surface area contributed by atoms with Crippen LogP contribution in [-0.2, 0) is 6.42 Å². The summed E-state index contributed by atoms with van der Waals surface area (Å²) in [5.41, 5.74) is 6.55. The summed E-state index contributed by atoms with van der Waals surface area (Å²) < 4.78 is 0. The summed E-state index contributed by atoms with van der Waals surface area (Å²) in [7, 11) is 0. The van der Waals surface area contributed by atoms with Crippen molar-refractivity contribution in [2.24, 2.45) is 0 Å². The molecule has 0 aliphatic heterocycles. The smallest absolute Gasteiger partial charge is 0.00882 e. The minimum absolute atomic E-state index is 1.12. The molecule has 1 aliphatic rings. The predicted octanol–water partition coefficient (Wildman–Crippen LogP) is 5.28. The van der Waals surface area contributed by atoms with Crippen LogP contribution >= 0.6 is 0 Å². The minimum Gasteiger partial charge on any atom is -0.0955 e. The van der Waals surface area contributed by atoms with Crippen LogP contribution in [0.4, 0.5) is 0 Å². The second-order valence-corrected chi connectivity index (χ2v) is 4.90. The fourth-order valence-corrected chi connectivity index (χ4v) is 2.25. The van der Waals surface area contributed by atoms with E-state index in [9.17, 15) is 0 Å². The Kier molecular flexibility index (Phi) is 4.35. The molecule has 19 heavy (non-hydrogen) atoms. The Labute approximate surface area is 116 Å². The molecule has 0 heterocycles. The summed E-state index contributed by atoms with van der Waals surface area (Å²) in [6.45, 7) is 8.02. The maximum atomic E-state index is 3.89. The first-order valence-electron chi connectivity index (χ1n) is 6.64. The van der Waals surface area contributed by atoms with Gasteiger partial charge in [-0.2, -0.15) is 0 Å². The quantitative estimate of drug-likeness (QED) is 0.643. The molecule has 3 rings (SSSR count). The van der Waals surface area contributed by atoms with Crippen LogP contribution in [0.25, 0.3) is 11.6 Å². The number of fused-ring (bicyclic) bond motifs is 1. The summed E-state index contributed by atoms with van der Waals surface area (Å²) in [4.78, 5) is 0. The van der Waals surface area contributed by atoms with Crippen molar-refractivity contribution in [3.8, 4) is 0 Å². The van der Waals surface area contributed by atoms with Crippen LogP contribution < -0.4 is 0 Å². The number of hydrogen-bond donors (Lipinski definition) is 0. The lowest BCUT2D eigenvalue weighted by molar-refractivity contribution is 1.31. The molecule has 0 spiro atoms. The zero-order valence-corrected chi connectivity index (χ0v) is 11.7. The van der Waals surface area contributed by atoms with Crippen molar-refractivity contribution in [1.82, 2.24) is 0 Å². The number of rotatable bonds is 1. The normalized spacial score (nSPS) is 11.5. The number of hydrogen-bond acceptors (Lipinski definition) is 0. The third-order valence-electron chi connectivity index (χ3n) is 3.30. The highest BCUT2D eigenvalue weighted by Gasteiger charge is 2.00. The molecule has 0 atom stereocenters. The Balaban J connectivity index is 0.000000141. The Morgan fingerprint density at radius 3 is 2.32 bits per heavy atom. The van der Waals surface area contributed by atoms with Gasteiger partial charge in [0.15, 0.2) is 0 Å². The van der Waals surface area contributed by atoms with E-state index in [2.05, 4.69) is 62.1 Å². The third kappa shape index (κ3) is 3.45. The van der Waals surface area contributed by atoms with Gasteiger partial charge in [0.25, 0.3) is 0 Å². The van der Waals surface area contributed by atoms with Crippen molar-refractivity contribution < 1.29 is 0 Å². The second kappa shape index (κ2) is 6.19. The average Bonchev–Trinajstić information content (AvgIpc) is 2.88. The monoisotopic (exact) mass is 248 g/mol. The first-order chi connectivity index (χ1) is 9.18. The van der Waals surface area contributed by atoms with Crippen LogP contribution in [0.5, 0.6) is 0 Å². The highest BCUT2D eigenvalue weighted by Crippen LogP contribution is 2.17. The van der Waals surface area contributed by atoms with Crippen molar-refractivity contribution in [1.29, 1.82) is 0 Å².